The number of hydrogen-bond donors (Lipinski definition) is 1. The van der Waals surface area contributed by atoms with Gasteiger partial charge in [0.05, 0.1) is 0 Å². The highest BCUT2D eigenvalue weighted by Gasteiger charge is 2.24. The number of hydrogen-bond acceptors (Lipinski definition) is 3. The maximum atomic E-state index is 6.13. The molecule has 0 unspecified atom stereocenters. The molecule has 1 aliphatic rings. The molecule has 0 radical (unpaired) electrons. The number of nitrogens with two attached hydrogens (primary N) is 1. The SMILES string of the molecule is CCN(C)C[C@H]1Cc2cc(N)ccc2Oc2ccccc21. The van der Waals surface area contributed by atoms with Crippen molar-refractivity contribution in [3.8, 4) is 11.5 Å². The van der Waals surface area contributed by atoms with E-state index in [2.05, 4.69) is 37.1 Å². The van der Waals surface area contributed by atoms with Crippen LogP contribution in [0.15, 0.2) is 42.5 Å². The Morgan fingerprint density at radius 1 is 1.19 bits per heavy atom. The molecular weight excluding hydrogens is 260 g/mol. The van der Waals surface area contributed by atoms with Gasteiger partial charge >= 0.3 is 0 Å². The lowest BCUT2D eigenvalue weighted by Gasteiger charge is -2.23. The van der Waals surface area contributed by atoms with Crippen molar-refractivity contribution in [2.24, 2.45) is 0 Å². The molecule has 1 aliphatic heterocycles. The summed E-state index contributed by atoms with van der Waals surface area (Å²) in [6.07, 6.45) is 0.960. The molecular formula is C18H22N2O. The molecule has 0 saturated carbocycles. The van der Waals surface area contributed by atoms with Gasteiger partial charge in [-0.2, -0.15) is 0 Å². The minimum atomic E-state index is 0.425. The largest absolute Gasteiger partial charge is 0.457 e. The second-order valence-corrected chi connectivity index (χ2v) is 5.76. The summed E-state index contributed by atoms with van der Waals surface area (Å²) in [6.45, 7) is 4.25. The molecule has 2 aromatic rings. The predicted molar refractivity (Wildman–Crippen MR) is 87.0 cm³/mol. The van der Waals surface area contributed by atoms with Crippen LogP contribution in [0.1, 0.15) is 24.0 Å². The minimum absolute atomic E-state index is 0.425. The van der Waals surface area contributed by atoms with Crippen LogP contribution in [0.2, 0.25) is 0 Å². The number of nitrogens with zero attached hydrogens (tertiary/aromatic N) is 1. The first kappa shape index (κ1) is 14.0. The van der Waals surface area contributed by atoms with Gasteiger partial charge in [-0.1, -0.05) is 25.1 Å². The maximum absolute atomic E-state index is 6.13. The van der Waals surface area contributed by atoms with Crippen LogP contribution >= 0.6 is 0 Å². The lowest BCUT2D eigenvalue weighted by atomic mass is 9.91. The van der Waals surface area contributed by atoms with E-state index < -0.39 is 0 Å². The summed E-state index contributed by atoms with van der Waals surface area (Å²) in [7, 11) is 2.16. The van der Waals surface area contributed by atoms with E-state index in [-0.39, 0.29) is 0 Å². The minimum Gasteiger partial charge on any atom is -0.457 e. The van der Waals surface area contributed by atoms with Crippen molar-refractivity contribution >= 4 is 5.69 Å². The van der Waals surface area contributed by atoms with E-state index in [4.69, 9.17) is 10.5 Å². The Hall–Kier alpha value is -2.00. The first-order valence-corrected chi connectivity index (χ1v) is 7.51. The smallest absolute Gasteiger partial charge is 0.130 e. The van der Waals surface area contributed by atoms with Gasteiger partial charge in [0.1, 0.15) is 11.5 Å². The van der Waals surface area contributed by atoms with Crippen LogP contribution in [0, 0.1) is 0 Å². The third kappa shape index (κ3) is 2.88. The van der Waals surface area contributed by atoms with Crippen molar-refractivity contribution in [2.45, 2.75) is 19.3 Å². The first-order valence-electron chi connectivity index (χ1n) is 7.51. The van der Waals surface area contributed by atoms with E-state index in [9.17, 15) is 0 Å². The normalized spacial score (nSPS) is 16.8. The Morgan fingerprint density at radius 3 is 2.81 bits per heavy atom. The molecule has 0 amide bonds. The van der Waals surface area contributed by atoms with Gasteiger partial charge in [0.15, 0.2) is 0 Å². The molecule has 0 aliphatic carbocycles. The van der Waals surface area contributed by atoms with Gasteiger partial charge in [-0.3, -0.25) is 0 Å². The quantitative estimate of drug-likeness (QED) is 0.873. The molecule has 3 rings (SSSR count). The molecule has 3 heteroatoms. The van der Waals surface area contributed by atoms with E-state index in [0.717, 1.165) is 36.7 Å². The van der Waals surface area contributed by atoms with Crippen LogP contribution in [0.3, 0.4) is 0 Å². The maximum Gasteiger partial charge on any atom is 0.130 e. The van der Waals surface area contributed by atoms with Crippen LogP contribution < -0.4 is 10.5 Å². The van der Waals surface area contributed by atoms with E-state index in [0.29, 0.717) is 5.92 Å². The van der Waals surface area contributed by atoms with E-state index in [1.54, 1.807) is 0 Å². The van der Waals surface area contributed by atoms with Crippen LogP contribution in [0.25, 0.3) is 0 Å². The number of para-hydroxylation sites is 1. The Labute approximate surface area is 126 Å². The van der Waals surface area contributed by atoms with Crippen LogP contribution in [-0.2, 0) is 6.42 Å². The van der Waals surface area contributed by atoms with Gasteiger partial charge in [0.25, 0.3) is 0 Å². The molecule has 21 heavy (non-hydrogen) atoms. The van der Waals surface area contributed by atoms with E-state index in [1.807, 2.05) is 24.3 Å². The fourth-order valence-corrected chi connectivity index (χ4v) is 2.93. The highest BCUT2D eigenvalue weighted by Crippen LogP contribution is 2.40. The number of ether oxygens (including phenoxy) is 1. The zero-order valence-electron chi connectivity index (χ0n) is 12.7. The molecule has 110 valence electrons. The van der Waals surface area contributed by atoms with Crippen LogP contribution in [0.4, 0.5) is 5.69 Å². The van der Waals surface area contributed by atoms with Gasteiger partial charge in [-0.05, 0) is 55.4 Å². The topological polar surface area (TPSA) is 38.5 Å². The Bertz CT molecular complexity index is 639. The summed E-state index contributed by atoms with van der Waals surface area (Å²) in [5.74, 6) is 2.32. The highest BCUT2D eigenvalue weighted by molar-refractivity contribution is 5.53. The van der Waals surface area contributed by atoms with E-state index in [1.165, 1.54) is 11.1 Å². The average Bonchev–Trinajstić information content (AvgIpc) is 2.63. The number of benzene rings is 2. The molecule has 2 N–H and O–H groups in total. The molecule has 1 heterocycles. The number of fused-ring (bicyclic) bond motifs is 2. The first-order chi connectivity index (χ1) is 10.2. The predicted octanol–water partition coefficient (Wildman–Crippen LogP) is 3.65. The van der Waals surface area contributed by atoms with Crippen LogP contribution in [0.5, 0.6) is 11.5 Å². The Balaban J connectivity index is 2.03. The third-order valence-corrected chi connectivity index (χ3v) is 4.20. The van der Waals surface area contributed by atoms with Crippen molar-refractivity contribution in [2.75, 3.05) is 25.9 Å². The monoisotopic (exact) mass is 282 g/mol. The van der Waals surface area contributed by atoms with Gasteiger partial charge in [0.2, 0.25) is 0 Å². The number of anilines is 1. The zero-order valence-corrected chi connectivity index (χ0v) is 12.7. The van der Waals surface area contributed by atoms with Crippen molar-refractivity contribution in [3.05, 3.63) is 53.6 Å². The van der Waals surface area contributed by atoms with Gasteiger partial charge in [-0.15, -0.1) is 0 Å². The fourth-order valence-electron chi connectivity index (χ4n) is 2.93. The molecule has 0 spiro atoms. The lowest BCUT2D eigenvalue weighted by Crippen LogP contribution is -2.25. The molecule has 0 aromatic heterocycles. The standard InChI is InChI=1S/C18H22N2O/c1-3-20(2)12-14-10-13-11-15(19)8-9-17(13)21-18-7-5-4-6-16(14)18/h4-9,11,14H,3,10,12,19H2,1-2H3/t14-/m1/s1. The summed E-state index contributed by atoms with van der Waals surface area (Å²) in [4.78, 5) is 2.35. The molecule has 3 nitrogen and oxygen atoms in total. The summed E-state index contributed by atoms with van der Waals surface area (Å²) in [5.41, 5.74) is 9.22. The zero-order chi connectivity index (χ0) is 14.8. The van der Waals surface area contributed by atoms with Crippen LogP contribution in [-0.4, -0.2) is 25.0 Å². The van der Waals surface area contributed by atoms with Gasteiger partial charge < -0.3 is 15.4 Å². The summed E-state index contributed by atoms with van der Waals surface area (Å²) < 4.78 is 6.13. The van der Waals surface area contributed by atoms with Crippen molar-refractivity contribution in [3.63, 3.8) is 0 Å². The Kier molecular flexibility index (Phi) is 3.84. The molecule has 2 aromatic carbocycles. The van der Waals surface area contributed by atoms with Gasteiger partial charge in [0, 0.05) is 18.2 Å². The Morgan fingerprint density at radius 2 is 2.00 bits per heavy atom. The van der Waals surface area contributed by atoms with Gasteiger partial charge in [-0.25, -0.2) is 0 Å². The van der Waals surface area contributed by atoms with Crippen molar-refractivity contribution < 1.29 is 4.74 Å². The van der Waals surface area contributed by atoms with Crippen molar-refractivity contribution in [1.29, 1.82) is 0 Å². The van der Waals surface area contributed by atoms with Crippen molar-refractivity contribution in [1.82, 2.24) is 4.90 Å². The third-order valence-electron chi connectivity index (χ3n) is 4.20. The second kappa shape index (κ2) is 5.78. The summed E-state index contributed by atoms with van der Waals surface area (Å²) in [5, 5.41) is 0. The molecule has 0 bridgehead atoms. The number of rotatable bonds is 3. The van der Waals surface area contributed by atoms with E-state index >= 15 is 0 Å². The summed E-state index contributed by atoms with van der Waals surface area (Å²) in [6, 6.07) is 14.3. The highest BCUT2D eigenvalue weighted by atomic mass is 16.5. The lowest BCUT2D eigenvalue weighted by molar-refractivity contribution is 0.325. The summed E-state index contributed by atoms with van der Waals surface area (Å²) >= 11 is 0. The molecule has 0 fully saturated rings. The number of likely N-dealkylation sites (N-methyl/N-ethyl adjacent to an activating group) is 1. The number of nitrogen functional groups attached to an aromatic ring is 1. The molecule has 1 atom stereocenters. The fraction of sp³-hybridized carbons (Fsp3) is 0.333. The second-order valence-electron chi connectivity index (χ2n) is 5.76. The average molecular weight is 282 g/mol. The molecule has 0 saturated heterocycles.